The van der Waals surface area contributed by atoms with Gasteiger partial charge in [-0.2, -0.15) is 0 Å². The summed E-state index contributed by atoms with van der Waals surface area (Å²) in [5.74, 6) is 1.88. The third-order valence-electron chi connectivity index (χ3n) is 10.1. The highest BCUT2D eigenvalue weighted by atomic mass is 32.1. The molecule has 0 saturated carbocycles. The first-order chi connectivity index (χ1) is 26.7. The summed E-state index contributed by atoms with van der Waals surface area (Å²) in [6.45, 7) is 0. The summed E-state index contributed by atoms with van der Waals surface area (Å²) in [5.41, 5.74) is 9.47. The van der Waals surface area contributed by atoms with Gasteiger partial charge in [-0.15, -0.1) is 11.3 Å². The zero-order chi connectivity index (χ0) is 35.6. The average molecular weight is 709 g/mol. The molecule has 5 nitrogen and oxygen atoms in total. The Balaban J connectivity index is 1.08. The van der Waals surface area contributed by atoms with E-state index in [9.17, 15) is 0 Å². The van der Waals surface area contributed by atoms with Crippen LogP contribution in [0.3, 0.4) is 0 Å². The van der Waals surface area contributed by atoms with Crippen LogP contribution in [-0.2, 0) is 0 Å². The second-order valence-electron chi connectivity index (χ2n) is 13.4. The van der Waals surface area contributed by atoms with E-state index < -0.39 is 0 Å². The van der Waals surface area contributed by atoms with E-state index in [4.69, 9.17) is 24.4 Å². The van der Waals surface area contributed by atoms with Crippen LogP contribution in [0.5, 0.6) is 0 Å². The van der Waals surface area contributed by atoms with Crippen LogP contribution >= 0.6 is 11.3 Å². The van der Waals surface area contributed by atoms with Gasteiger partial charge in [0.05, 0.1) is 5.69 Å². The molecular formula is C48H28N4OS. The number of benzene rings is 7. The number of furan rings is 1. The summed E-state index contributed by atoms with van der Waals surface area (Å²) in [4.78, 5) is 20.7. The van der Waals surface area contributed by atoms with E-state index >= 15 is 0 Å². The Kier molecular flexibility index (Phi) is 6.97. The second-order valence-corrected chi connectivity index (χ2v) is 14.4. The average Bonchev–Trinajstić information content (AvgIpc) is 3.82. The maximum Gasteiger partial charge on any atom is 0.165 e. The largest absolute Gasteiger partial charge is 0.454 e. The molecule has 0 unspecified atom stereocenters. The van der Waals surface area contributed by atoms with Crippen molar-refractivity contribution >= 4 is 64.4 Å². The van der Waals surface area contributed by atoms with Crippen LogP contribution in [0.2, 0.25) is 0 Å². The normalized spacial score (nSPS) is 11.7. The maximum absolute atomic E-state index is 6.32. The number of nitrogens with zero attached hydrogens (tertiary/aromatic N) is 4. The lowest BCUT2D eigenvalue weighted by molar-refractivity contribution is 0.672. The molecule has 0 amide bonds. The van der Waals surface area contributed by atoms with Gasteiger partial charge >= 0.3 is 0 Å². The van der Waals surface area contributed by atoms with E-state index in [0.717, 1.165) is 76.6 Å². The Morgan fingerprint density at radius 2 is 1.00 bits per heavy atom. The van der Waals surface area contributed by atoms with Gasteiger partial charge in [0.15, 0.2) is 23.1 Å². The number of hydrogen-bond donors (Lipinski definition) is 0. The Morgan fingerprint density at radius 3 is 1.85 bits per heavy atom. The van der Waals surface area contributed by atoms with E-state index in [1.807, 2.05) is 36.4 Å². The molecule has 7 aromatic carbocycles. The molecule has 0 saturated heterocycles. The number of fused-ring (bicyclic) bond motifs is 8. The Bertz CT molecular complexity index is 3220. The van der Waals surface area contributed by atoms with Crippen molar-refractivity contribution in [2.75, 3.05) is 0 Å². The van der Waals surface area contributed by atoms with Crippen molar-refractivity contribution in [1.29, 1.82) is 0 Å². The van der Waals surface area contributed by atoms with Crippen molar-refractivity contribution in [3.8, 4) is 56.5 Å². The van der Waals surface area contributed by atoms with Crippen molar-refractivity contribution in [2.24, 2.45) is 0 Å². The minimum atomic E-state index is 0.610. The molecule has 4 aromatic heterocycles. The fourth-order valence-electron chi connectivity index (χ4n) is 7.53. The minimum absolute atomic E-state index is 0.610. The van der Waals surface area contributed by atoms with Crippen molar-refractivity contribution in [3.63, 3.8) is 0 Å². The van der Waals surface area contributed by atoms with Gasteiger partial charge in [0.2, 0.25) is 0 Å². The standard InChI is InChI=1S/C48H28N4OS/c1-2-12-29(13-3-1)32-14-10-15-33(28-32)47-50-46(51-48(52-47)39-21-11-20-37-34-16-7-9-23-41(34)54-45(37)39)31-26-24-30(25-27-31)42-35-17-4-5-18-36(35)44-43(49-42)38-19-6-8-22-40(38)53-44/h1-28H. The molecule has 0 spiro atoms. The molecule has 0 aliphatic heterocycles. The number of rotatable bonds is 5. The fraction of sp³-hybridized carbons (Fsp3) is 0. The molecule has 0 N–H and O–H groups in total. The van der Waals surface area contributed by atoms with E-state index in [-0.39, 0.29) is 0 Å². The molecule has 0 radical (unpaired) electrons. The number of thiophene rings is 1. The minimum Gasteiger partial charge on any atom is -0.454 e. The van der Waals surface area contributed by atoms with Crippen LogP contribution in [0.4, 0.5) is 0 Å². The van der Waals surface area contributed by atoms with E-state index in [1.165, 1.54) is 15.5 Å². The van der Waals surface area contributed by atoms with Crippen LogP contribution in [-0.4, -0.2) is 19.9 Å². The highest BCUT2D eigenvalue weighted by Gasteiger charge is 2.19. The molecule has 11 rings (SSSR count). The molecular weight excluding hydrogens is 681 g/mol. The summed E-state index contributed by atoms with van der Waals surface area (Å²) in [6, 6.07) is 58.6. The summed E-state index contributed by atoms with van der Waals surface area (Å²) in [5, 5.41) is 5.53. The van der Waals surface area contributed by atoms with Crippen LogP contribution in [0.15, 0.2) is 174 Å². The molecule has 11 aromatic rings. The van der Waals surface area contributed by atoms with Crippen molar-refractivity contribution in [2.45, 2.75) is 0 Å². The third-order valence-corrected chi connectivity index (χ3v) is 11.4. The van der Waals surface area contributed by atoms with Gasteiger partial charge in [-0.3, -0.25) is 0 Å². The van der Waals surface area contributed by atoms with Crippen LogP contribution in [0, 0.1) is 0 Å². The highest BCUT2D eigenvalue weighted by molar-refractivity contribution is 7.26. The lowest BCUT2D eigenvalue weighted by atomic mass is 10.0. The summed E-state index contributed by atoms with van der Waals surface area (Å²) >= 11 is 1.77. The molecule has 54 heavy (non-hydrogen) atoms. The lowest BCUT2D eigenvalue weighted by Crippen LogP contribution is -2.00. The summed E-state index contributed by atoms with van der Waals surface area (Å²) < 4.78 is 8.72. The molecule has 4 heterocycles. The van der Waals surface area contributed by atoms with Gasteiger partial charge in [0.25, 0.3) is 0 Å². The van der Waals surface area contributed by atoms with Crippen LogP contribution in [0.25, 0.3) is 110 Å². The smallest absolute Gasteiger partial charge is 0.165 e. The first kappa shape index (κ1) is 30.6. The Morgan fingerprint density at radius 1 is 0.389 bits per heavy atom. The van der Waals surface area contributed by atoms with Gasteiger partial charge in [-0.1, -0.05) is 140 Å². The Hall–Kier alpha value is -7.02. The number of para-hydroxylation sites is 1. The first-order valence-electron chi connectivity index (χ1n) is 17.9. The summed E-state index contributed by atoms with van der Waals surface area (Å²) in [6.07, 6.45) is 0. The maximum atomic E-state index is 6.32. The van der Waals surface area contributed by atoms with Crippen LogP contribution < -0.4 is 0 Å². The monoisotopic (exact) mass is 708 g/mol. The van der Waals surface area contributed by atoms with E-state index in [1.54, 1.807) is 11.3 Å². The fourth-order valence-corrected chi connectivity index (χ4v) is 8.74. The topological polar surface area (TPSA) is 64.7 Å². The number of hydrogen-bond acceptors (Lipinski definition) is 6. The van der Waals surface area contributed by atoms with Gasteiger partial charge in [-0.05, 0) is 41.5 Å². The number of pyridine rings is 1. The van der Waals surface area contributed by atoms with Crippen LogP contribution in [0.1, 0.15) is 0 Å². The first-order valence-corrected chi connectivity index (χ1v) is 18.7. The predicted molar refractivity (Wildman–Crippen MR) is 222 cm³/mol. The second kappa shape index (κ2) is 12.3. The zero-order valence-electron chi connectivity index (χ0n) is 28.8. The van der Waals surface area contributed by atoms with Gasteiger partial charge in [0.1, 0.15) is 11.1 Å². The molecule has 6 heteroatoms. The van der Waals surface area contributed by atoms with Gasteiger partial charge in [0, 0.05) is 58.6 Å². The van der Waals surface area contributed by atoms with Gasteiger partial charge < -0.3 is 4.42 Å². The molecule has 0 bridgehead atoms. The predicted octanol–water partition coefficient (Wildman–Crippen LogP) is 13.0. The SMILES string of the molecule is c1ccc(-c2cccc(-c3nc(-c4ccc(-c5nc6c7ccccc7oc6c6ccccc56)cc4)nc(-c4cccc5c4sc4ccccc45)n3)c2)cc1. The molecule has 0 aliphatic rings. The molecule has 252 valence electrons. The van der Waals surface area contributed by atoms with Gasteiger partial charge in [-0.25, -0.2) is 19.9 Å². The zero-order valence-corrected chi connectivity index (χ0v) is 29.6. The lowest BCUT2D eigenvalue weighted by Gasteiger charge is -2.11. The Labute approximate surface area is 313 Å². The van der Waals surface area contributed by atoms with Crippen molar-refractivity contribution < 1.29 is 4.42 Å². The highest BCUT2D eigenvalue weighted by Crippen LogP contribution is 2.41. The molecule has 0 aliphatic carbocycles. The molecule has 0 fully saturated rings. The summed E-state index contributed by atoms with van der Waals surface area (Å²) in [7, 11) is 0. The van der Waals surface area contributed by atoms with E-state index in [2.05, 4.69) is 133 Å². The number of aromatic nitrogens is 4. The third kappa shape index (κ3) is 4.99. The van der Waals surface area contributed by atoms with Crippen molar-refractivity contribution in [1.82, 2.24) is 19.9 Å². The quantitative estimate of drug-likeness (QED) is 0.178. The molecule has 0 atom stereocenters. The van der Waals surface area contributed by atoms with Crippen molar-refractivity contribution in [3.05, 3.63) is 170 Å². The van der Waals surface area contributed by atoms with E-state index in [0.29, 0.717) is 17.5 Å².